The number of benzene rings is 1. The summed E-state index contributed by atoms with van der Waals surface area (Å²) in [5.74, 6) is -2.05. The highest BCUT2D eigenvalue weighted by atomic mass is 19.2. The second-order valence-electron chi connectivity index (χ2n) is 6.76. The Morgan fingerprint density at radius 2 is 1.88 bits per heavy atom. The number of hydrogen-bond acceptors (Lipinski definition) is 4. The fraction of sp³-hybridized carbons (Fsp3) is 0.611. The maximum absolute atomic E-state index is 13.8. The average Bonchev–Trinajstić information content (AvgIpc) is 2.51. The van der Waals surface area contributed by atoms with E-state index in [1.165, 1.54) is 12.0 Å². The summed E-state index contributed by atoms with van der Waals surface area (Å²) < 4.78 is 37.6. The lowest BCUT2D eigenvalue weighted by Crippen LogP contribution is -2.38. The highest BCUT2D eigenvalue weighted by molar-refractivity contribution is 5.89. The van der Waals surface area contributed by atoms with Crippen LogP contribution in [0.3, 0.4) is 0 Å². The van der Waals surface area contributed by atoms with Crippen molar-refractivity contribution in [1.82, 2.24) is 0 Å². The number of anilines is 1. The number of aliphatic hydroxyl groups excluding tert-OH is 1. The summed E-state index contributed by atoms with van der Waals surface area (Å²) in [5.41, 5.74) is -0.0822. The van der Waals surface area contributed by atoms with Gasteiger partial charge in [0.15, 0.2) is 17.9 Å². The smallest absolute Gasteiger partial charge is 0.414 e. The molecule has 0 saturated carbocycles. The van der Waals surface area contributed by atoms with Crippen LogP contribution >= 0.6 is 0 Å². The van der Waals surface area contributed by atoms with E-state index < -0.39 is 29.6 Å². The third-order valence-electron chi connectivity index (χ3n) is 3.41. The van der Waals surface area contributed by atoms with Crippen LogP contribution in [0.2, 0.25) is 0 Å². The number of hydrogen-bond donors (Lipinski definition) is 1. The molecule has 1 rings (SSSR count). The number of rotatable bonds is 7. The van der Waals surface area contributed by atoms with Crippen LogP contribution in [0.1, 0.15) is 46.1 Å². The molecule has 7 heteroatoms. The first kappa shape index (κ1) is 21.3. The quantitative estimate of drug-likeness (QED) is 0.747. The number of aliphatic hydroxyl groups is 1. The predicted molar refractivity (Wildman–Crippen MR) is 91.6 cm³/mol. The van der Waals surface area contributed by atoms with Crippen LogP contribution < -0.4 is 4.90 Å². The summed E-state index contributed by atoms with van der Waals surface area (Å²) in [7, 11) is 1.35. The highest BCUT2D eigenvalue weighted by Crippen LogP contribution is 2.27. The summed E-state index contributed by atoms with van der Waals surface area (Å²) >= 11 is 0. The molecule has 1 aromatic carbocycles. The molecular formula is C18H27F2NO4. The maximum atomic E-state index is 13.8. The van der Waals surface area contributed by atoms with E-state index in [-0.39, 0.29) is 18.5 Å². The van der Waals surface area contributed by atoms with Gasteiger partial charge in [0.1, 0.15) is 5.60 Å². The molecule has 1 unspecified atom stereocenters. The summed E-state index contributed by atoms with van der Waals surface area (Å²) in [6.07, 6.45) is -0.651. The lowest BCUT2D eigenvalue weighted by molar-refractivity contribution is -0.0777. The molecule has 5 nitrogen and oxygen atoms in total. The number of carbonyl (C=O) groups is 1. The number of halogens is 2. The van der Waals surface area contributed by atoms with Crippen LogP contribution in [-0.2, 0) is 15.9 Å². The van der Waals surface area contributed by atoms with Crippen molar-refractivity contribution in [3.05, 3.63) is 29.3 Å². The van der Waals surface area contributed by atoms with Gasteiger partial charge in [-0.05, 0) is 45.2 Å². The van der Waals surface area contributed by atoms with Gasteiger partial charge < -0.3 is 14.6 Å². The fourth-order valence-corrected chi connectivity index (χ4v) is 2.28. The Balaban J connectivity index is 3.22. The zero-order valence-electron chi connectivity index (χ0n) is 15.4. The molecular weight excluding hydrogens is 332 g/mol. The van der Waals surface area contributed by atoms with Crippen LogP contribution in [0.4, 0.5) is 19.3 Å². The minimum atomic E-state index is -1.05. The fourth-order valence-electron chi connectivity index (χ4n) is 2.28. The molecule has 0 saturated heterocycles. The summed E-state index contributed by atoms with van der Waals surface area (Å²) in [4.78, 5) is 13.8. The molecule has 0 aliphatic carbocycles. The van der Waals surface area contributed by atoms with Gasteiger partial charge in [-0.25, -0.2) is 13.6 Å². The van der Waals surface area contributed by atoms with Crippen molar-refractivity contribution in [2.24, 2.45) is 0 Å². The van der Waals surface area contributed by atoms with Crippen LogP contribution in [0, 0.1) is 11.6 Å². The van der Waals surface area contributed by atoms with E-state index in [0.717, 1.165) is 12.1 Å². The molecule has 142 valence electrons. The van der Waals surface area contributed by atoms with Gasteiger partial charge in [-0.2, -0.15) is 0 Å². The highest BCUT2D eigenvalue weighted by Gasteiger charge is 2.26. The molecule has 0 heterocycles. The Morgan fingerprint density at radius 1 is 1.28 bits per heavy atom. The molecule has 0 aromatic heterocycles. The van der Waals surface area contributed by atoms with Crippen molar-refractivity contribution in [1.29, 1.82) is 0 Å². The van der Waals surface area contributed by atoms with E-state index in [2.05, 4.69) is 0 Å². The average molecular weight is 359 g/mol. The van der Waals surface area contributed by atoms with E-state index in [9.17, 15) is 18.7 Å². The number of amides is 1. The van der Waals surface area contributed by atoms with Crippen molar-refractivity contribution in [3.8, 4) is 0 Å². The van der Waals surface area contributed by atoms with Crippen molar-refractivity contribution in [3.63, 3.8) is 0 Å². The molecule has 1 amide bonds. The van der Waals surface area contributed by atoms with Gasteiger partial charge in [0.2, 0.25) is 0 Å². The molecule has 0 aliphatic heterocycles. The normalized spacial score (nSPS) is 12.8. The minimum absolute atomic E-state index is 0.183. The van der Waals surface area contributed by atoms with Gasteiger partial charge in [-0.3, -0.25) is 4.90 Å². The Kier molecular flexibility index (Phi) is 7.76. The number of ether oxygens (including phenoxy) is 2. The number of aryl methyl sites for hydroxylation is 1. The van der Waals surface area contributed by atoms with E-state index in [1.807, 2.05) is 6.92 Å². The van der Waals surface area contributed by atoms with Gasteiger partial charge in [-0.15, -0.1) is 0 Å². The molecule has 25 heavy (non-hydrogen) atoms. The van der Waals surface area contributed by atoms with Gasteiger partial charge in [0.25, 0.3) is 0 Å². The first-order valence-corrected chi connectivity index (χ1v) is 8.28. The van der Waals surface area contributed by atoms with E-state index in [1.54, 1.807) is 20.8 Å². The van der Waals surface area contributed by atoms with Gasteiger partial charge in [0.05, 0.1) is 5.69 Å². The van der Waals surface area contributed by atoms with Crippen molar-refractivity contribution < 1.29 is 28.2 Å². The molecule has 1 atom stereocenters. The summed E-state index contributed by atoms with van der Waals surface area (Å²) in [6.45, 7) is 7.35. The van der Waals surface area contributed by atoms with Crippen LogP contribution in [-0.4, -0.2) is 36.7 Å². The van der Waals surface area contributed by atoms with Crippen molar-refractivity contribution >= 4 is 11.8 Å². The van der Waals surface area contributed by atoms with Crippen molar-refractivity contribution in [2.45, 2.75) is 58.8 Å². The van der Waals surface area contributed by atoms with E-state index in [0.29, 0.717) is 18.5 Å². The number of carbonyl (C=O) groups excluding carboxylic acids is 1. The van der Waals surface area contributed by atoms with Crippen LogP contribution in [0.25, 0.3) is 0 Å². The van der Waals surface area contributed by atoms with Crippen LogP contribution in [0.15, 0.2) is 12.1 Å². The van der Waals surface area contributed by atoms with E-state index >= 15 is 0 Å². The van der Waals surface area contributed by atoms with Gasteiger partial charge in [-0.1, -0.05) is 6.92 Å². The van der Waals surface area contributed by atoms with Crippen molar-refractivity contribution in [2.75, 3.05) is 18.6 Å². The van der Waals surface area contributed by atoms with E-state index in [4.69, 9.17) is 9.47 Å². The second-order valence-corrected chi connectivity index (χ2v) is 6.76. The second kappa shape index (κ2) is 9.10. The first-order valence-electron chi connectivity index (χ1n) is 8.28. The van der Waals surface area contributed by atoms with Gasteiger partial charge >= 0.3 is 6.09 Å². The number of nitrogens with zero attached hydrogens (tertiary/aromatic N) is 1. The molecule has 0 spiro atoms. The predicted octanol–water partition coefficient (Wildman–Crippen LogP) is 4.01. The Morgan fingerprint density at radius 3 is 2.40 bits per heavy atom. The standard InChI is InChI=1S/C18H27F2NO4/c1-6-9-21(17(23)25-18(2,3)4)15-11-14(20)13(19)10-12(15)7-8-16(22)24-5/h10-11,16,22H,6-9H2,1-5H3. The third kappa shape index (κ3) is 6.59. The minimum Gasteiger partial charge on any atom is -0.443 e. The third-order valence-corrected chi connectivity index (χ3v) is 3.41. The monoisotopic (exact) mass is 359 g/mol. The van der Waals surface area contributed by atoms with Gasteiger partial charge in [0, 0.05) is 26.1 Å². The molecule has 1 N–H and O–H groups in total. The maximum Gasteiger partial charge on any atom is 0.414 e. The molecule has 0 bridgehead atoms. The number of methoxy groups -OCH3 is 1. The lowest BCUT2D eigenvalue weighted by atomic mass is 10.1. The van der Waals surface area contributed by atoms with Crippen LogP contribution in [0.5, 0.6) is 0 Å². The Labute approximate surface area is 147 Å². The lowest BCUT2D eigenvalue weighted by Gasteiger charge is -2.29. The topological polar surface area (TPSA) is 59.0 Å². The molecule has 1 aromatic rings. The zero-order valence-corrected chi connectivity index (χ0v) is 15.4. The Hall–Kier alpha value is -1.73. The summed E-state index contributed by atoms with van der Waals surface area (Å²) in [5, 5.41) is 9.54. The molecule has 0 aliphatic rings. The first-order chi connectivity index (χ1) is 11.6. The summed E-state index contributed by atoms with van der Waals surface area (Å²) in [6, 6.07) is 2.03. The Bertz CT molecular complexity index is 587. The molecule has 0 fully saturated rings. The largest absolute Gasteiger partial charge is 0.443 e. The zero-order chi connectivity index (χ0) is 19.2. The molecule has 0 radical (unpaired) electrons. The SMILES string of the molecule is CCCN(C(=O)OC(C)(C)C)c1cc(F)c(F)cc1CCC(O)OC.